The number of aliphatic hydroxyl groups is 1. The van der Waals surface area contributed by atoms with Crippen LogP contribution in [0.5, 0.6) is 0 Å². The highest BCUT2D eigenvalue weighted by Gasteiger charge is 2.27. The molecule has 1 heterocycles. The van der Waals surface area contributed by atoms with Gasteiger partial charge in [-0.05, 0) is 19.9 Å². The van der Waals surface area contributed by atoms with Gasteiger partial charge in [-0.2, -0.15) is 0 Å². The largest absolute Gasteiger partial charge is 0.385 e. The van der Waals surface area contributed by atoms with E-state index in [1.165, 1.54) is 17.4 Å². The number of aryl methyl sites for hydroxylation is 1. The summed E-state index contributed by atoms with van der Waals surface area (Å²) in [5.74, 6) is -0.385. The fourth-order valence-electron chi connectivity index (χ4n) is 1.84. The molecule has 0 radical (unpaired) electrons. The zero-order valence-electron chi connectivity index (χ0n) is 9.77. The standard InChI is InChI=1S/C13H14FNOS/c1-9-15-10(8-17-9)7-13(2,16)11-5-3-4-6-12(11)14/h3-6,8,16H,7H2,1-2H3. The molecule has 17 heavy (non-hydrogen) atoms. The number of halogens is 1. The third kappa shape index (κ3) is 2.70. The van der Waals surface area contributed by atoms with Crippen molar-refractivity contribution in [1.29, 1.82) is 0 Å². The number of nitrogens with zero attached hydrogens (tertiary/aromatic N) is 1. The SMILES string of the molecule is Cc1nc(CC(C)(O)c2ccccc2F)cs1. The van der Waals surface area contributed by atoms with E-state index in [9.17, 15) is 9.50 Å². The summed E-state index contributed by atoms with van der Waals surface area (Å²) in [5.41, 5.74) is -0.127. The van der Waals surface area contributed by atoms with Crippen molar-refractivity contribution in [3.63, 3.8) is 0 Å². The molecule has 1 aromatic heterocycles. The minimum atomic E-state index is -1.23. The Morgan fingerprint density at radius 2 is 2.12 bits per heavy atom. The average Bonchev–Trinajstić information content (AvgIpc) is 2.63. The third-order valence-electron chi connectivity index (χ3n) is 2.65. The van der Waals surface area contributed by atoms with Crippen LogP contribution in [0.3, 0.4) is 0 Å². The summed E-state index contributed by atoms with van der Waals surface area (Å²) in [5, 5.41) is 13.2. The van der Waals surface area contributed by atoms with Gasteiger partial charge >= 0.3 is 0 Å². The lowest BCUT2D eigenvalue weighted by Crippen LogP contribution is -2.25. The van der Waals surface area contributed by atoms with Gasteiger partial charge in [0.2, 0.25) is 0 Å². The molecule has 0 amide bonds. The first-order valence-electron chi connectivity index (χ1n) is 5.37. The molecule has 1 N–H and O–H groups in total. The second-order valence-electron chi connectivity index (χ2n) is 4.29. The minimum Gasteiger partial charge on any atom is -0.385 e. The van der Waals surface area contributed by atoms with Crippen LogP contribution in [0.15, 0.2) is 29.6 Å². The second kappa shape index (κ2) is 4.55. The van der Waals surface area contributed by atoms with Gasteiger partial charge in [0.1, 0.15) is 5.82 Å². The first-order chi connectivity index (χ1) is 7.99. The van der Waals surface area contributed by atoms with Gasteiger partial charge in [0.25, 0.3) is 0 Å². The third-order valence-corrected chi connectivity index (χ3v) is 3.47. The van der Waals surface area contributed by atoms with Gasteiger partial charge in [-0.1, -0.05) is 18.2 Å². The van der Waals surface area contributed by atoms with Crippen molar-refractivity contribution in [3.8, 4) is 0 Å². The van der Waals surface area contributed by atoms with Crippen LogP contribution in [-0.2, 0) is 12.0 Å². The molecule has 0 spiro atoms. The van der Waals surface area contributed by atoms with Crippen LogP contribution in [0.2, 0.25) is 0 Å². The number of aromatic nitrogens is 1. The highest BCUT2D eigenvalue weighted by atomic mass is 32.1. The van der Waals surface area contributed by atoms with E-state index in [-0.39, 0.29) is 5.82 Å². The maximum atomic E-state index is 13.6. The van der Waals surface area contributed by atoms with Gasteiger partial charge in [0.05, 0.1) is 16.3 Å². The van der Waals surface area contributed by atoms with Gasteiger partial charge in [-0.25, -0.2) is 9.37 Å². The van der Waals surface area contributed by atoms with Crippen LogP contribution >= 0.6 is 11.3 Å². The zero-order chi connectivity index (χ0) is 12.5. The number of thiazole rings is 1. The zero-order valence-corrected chi connectivity index (χ0v) is 10.6. The molecule has 0 aliphatic rings. The van der Waals surface area contributed by atoms with Gasteiger partial charge in [0, 0.05) is 17.4 Å². The topological polar surface area (TPSA) is 33.1 Å². The molecule has 0 aliphatic heterocycles. The second-order valence-corrected chi connectivity index (χ2v) is 5.35. The maximum Gasteiger partial charge on any atom is 0.129 e. The van der Waals surface area contributed by atoms with Crippen molar-refractivity contribution in [2.75, 3.05) is 0 Å². The lowest BCUT2D eigenvalue weighted by atomic mass is 9.91. The Balaban J connectivity index is 2.27. The van der Waals surface area contributed by atoms with Gasteiger partial charge in [0.15, 0.2) is 0 Å². The van der Waals surface area contributed by atoms with E-state index in [1.54, 1.807) is 25.1 Å². The number of rotatable bonds is 3. The summed E-state index contributed by atoms with van der Waals surface area (Å²) in [4.78, 5) is 4.29. The Morgan fingerprint density at radius 3 is 2.71 bits per heavy atom. The molecule has 1 atom stereocenters. The molecule has 2 aromatic rings. The Hall–Kier alpha value is -1.26. The van der Waals surface area contributed by atoms with Crippen LogP contribution in [0.4, 0.5) is 4.39 Å². The first-order valence-corrected chi connectivity index (χ1v) is 6.25. The van der Waals surface area contributed by atoms with E-state index in [4.69, 9.17) is 0 Å². The lowest BCUT2D eigenvalue weighted by Gasteiger charge is -2.23. The Morgan fingerprint density at radius 1 is 1.41 bits per heavy atom. The molecule has 2 nitrogen and oxygen atoms in total. The van der Waals surface area contributed by atoms with Gasteiger partial charge in [-0.3, -0.25) is 0 Å². The normalized spacial score (nSPS) is 14.6. The van der Waals surface area contributed by atoms with E-state index in [1.807, 2.05) is 12.3 Å². The van der Waals surface area contributed by atoms with Crippen LogP contribution in [-0.4, -0.2) is 10.1 Å². The van der Waals surface area contributed by atoms with E-state index < -0.39 is 5.60 Å². The molecular weight excluding hydrogens is 237 g/mol. The molecule has 2 rings (SSSR count). The van der Waals surface area contributed by atoms with Crippen molar-refractivity contribution >= 4 is 11.3 Å². The van der Waals surface area contributed by atoms with Crippen LogP contribution < -0.4 is 0 Å². The van der Waals surface area contributed by atoms with Crippen molar-refractivity contribution in [3.05, 3.63) is 51.7 Å². The summed E-state index contributed by atoms with van der Waals surface area (Å²) < 4.78 is 13.6. The molecule has 90 valence electrons. The molecule has 4 heteroatoms. The van der Waals surface area contributed by atoms with Gasteiger partial charge in [-0.15, -0.1) is 11.3 Å². The molecule has 0 fully saturated rings. The van der Waals surface area contributed by atoms with E-state index >= 15 is 0 Å². The Kier molecular flexibility index (Phi) is 3.26. The van der Waals surface area contributed by atoms with Crippen LogP contribution in [0.1, 0.15) is 23.2 Å². The summed E-state index contributed by atoms with van der Waals surface area (Å²) in [6.07, 6.45) is 0.318. The average molecular weight is 251 g/mol. The predicted octanol–water partition coefficient (Wildman–Crippen LogP) is 3.04. The predicted molar refractivity (Wildman–Crippen MR) is 66.5 cm³/mol. The number of hydrogen-bond acceptors (Lipinski definition) is 3. The first kappa shape index (κ1) is 12.2. The lowest BCUT2D eigenvalue weighted by molar-refractivity contribution is 0.0529. The smallest absolute Gasteiger partial charge is 0.129 e. The summed E-state index contributed by atoms with van der Waals surface area (Å²) in [7, 11) is 0. The minimum absolute atomic E-state index is 0.311. The molecule has 1 unspecified atom stereocenters. The Bertz CT molecular complexity index is 522. The summed E-state index contributed by atoms with van der Waals surface area (Å²) in [6, 6.07) is 6.30. The summed E-state index contributed by atoms with van der Waals surface area (Å²) in [6.45, 7) is 3.52. The highest BCUT2D eigenvalue weighted by Crippen LogP contribution is 2.27. The monoisotopic (exact) mass is 251 g/mol. The molecule has 1 aromatic carbocycles. The molecular formula is C13H14FNOS. The fraction of sp³-hybridized carbons (Fsp3) is 0.308. The quantitative estimate of drug-likeness (QED) is 0.909. The molecule has 0 saturated carbocycles. The van der Waals surface area contributed by atoms with Gasteiger partial charge < -0.3 is 5.11 Å². The van der Waals surface area contributed by atoms with E-state index in [0.717, 1.165) is 10.7 Å². The van der Waals surface area contributed by atoms with Crippen molar-refractivity contribution < 1.29 is 9.50 Å². The molecule has 0 saturated heterocycles. The van der Waals surface area contributed by atoms with E-state index in [2.05, 4.69) is 4.98 Å². The van der Waals surface area contributed by atoms with Crippen molar-refractivity contribution in [1.82, 2.24) is 4.98 Å². The Labute approximate surface area is 104 Å². The maximum absolute atomic E-state index is 13.6. The number of hydrogen-bond donors (Lipinski definition) is 1. The van der Waals surface area contributed by atoms with Crippen LogP contribution in [0.25, 0.3) is 0 Å². The highest BCUT2D eigenvalue weighted by molar-refractivity contribution is 7.09. The number of benzene rings is 1. The van der Waals surface area contributed by atoms with E-state index in [0.29, 0.717) is 12.0 Å². The fourth-order valence-corrected chi connectivity index (χ4v) is 2.45. The molecule has 0 aliphatic carbocycles. The van der Waals surface area contributed by atoms with Crippen molar-refractivity contribution in [2.45, 2.75) is 25.9 Å². The summed E-state index contributed by atoms with van der Waals surface area (Å²) >= 11 is 1.53. The molecule has 0 bridgehead atoms. The van der Waals surface area contributed by atoms with Crippen LogP contribution in [0, 0.1) is 12.7 Å². The van der Waals surface area contributed by atoms with Crippen molar-refractivity contribution in [2.24, 2.45) is 0 Å².